The maximum atomic E-state index is 12.7. The third-order valence-corrected chi connectivity index (χ3v) is 4.18. The Labute approximate surface area is 119 Å². The summed E-state index contributed by atoms with van der Waals surface area (Å²) in [5.41, 5.74) is 2.22. The van der Waals surface area contributed by atoms with Crippen LogP contribution in [0.25, 0.3) is 0 Å². The van der Waals surface area contributed by atoms with Crippen molar-refractivity contribution in [3.05, 3.63) is 23.0 Å². The fourth-order valence-electron chi connectivity index (χ4n) is 2.61. The van der Waals surface area contributed by atoms with Crippen molar-refractivity contribution in [3.63, 3.8) is 0 Å². The first-order valence-corrected chi connectivity index (χ1v) is 7.32. The van der Waals surface area contributed by atoms with Gasteiger partial charge in [-0.25, -0.2) is 0 Å². The van der Waals surface area contributed by atoms with Crippen molar-refractivity contribution >= 4 is 17.5 Å². The van der Waals surface area contributed by atoms with Crippen LogP contribution in [0.4, 0.5) is 0 Å². The first-order valence-electron chi connectivity index (χ1n) is 6.78. The molecular formula is C14H20ClN3O. The zero-order valence-corrected chi connectivity index (χ0v) is 12.4. The predicted octanol–water partition coefficient (Wildman–Crippen LogP) is 2.44. The number of halogens is 1. The molecule has 0 bridgehead atoms. The molecule has 0 N–H and O–H groups in total. The van der Waals surface area contributed by atoms with Gasteiger partial charge in [-0.1, -0.05) is 13.8 Å². The van der Waals surface area contributed by atoms with Crippen molar-refractivity contribution in [2.45, 2.75) is 39.7 Å². The van der Waals surface area contributed by atoms with Gasteiger partial charge < -0.3 is 4.90 Å². The Bertz CT molecular complexity index is 478. The number of aryl methyl sites for hydroxylation is 2. The van der Waals surface area contributed by atoms with Crippen LogP contribution in [0.5, 0.6) is 0 Å². The van der Waals surface area contributed by atoms with Gasteiger partial charge in [0.15, 0.2) is 0 Å². The Kier molecular flexibility index (Phi) is 4.40. The molecule has 1 aliphatic rings. The molecule has 0 saturated carbocycles. The summed E-state index contributed by atoms with van der Waals surface area (Å²) in [7, 11) is 0. The van der Waals surface area contributed by atoms with Crippen molar-refractivity contribution in [2.75, 3.05) is 12.4 Å². The van der Waals surface area contributed by atoms with Crippen molar-refractivity contribution in [3.8, 4) is 0 Å². The Hall–Kier alpha value is -1.16. The first-order chi connectivity index (χ1) is 9.08. The normalized spacial score (nSPS) is 22.8. The lowest BCUT2D eigenvalue weighted by atomic mass is 10.0. The summed E-state index contributed by atoms with van der Waals surface area (Å²) in [5, 5.41) is 8.16. The Morgan fingerprint density at radius 1 is 1.53 bits per heavy atom. The smallest absolute Gasteiger partial charge is 0.256 e. The highest BCUT2D eigenvalue weighted by atomic mass is 35.5. The maximum Gasteiger partial charge on any atom is 0.256 e. The van der Waals surface area contributed by atoms with E-state index in [1.807, 2.05) is 24.8 Å². The number of likely N-dealkylation sites (tertiary alicyclic amines) is 1. The van der Waals surface area contributed by atoms with E-state index in [1.165, 1.54) is 0 Å². The van der Waals surface area contributed by atoms with Crippen LogP contribution in [0.1, 0.15) is 42.0 Å². The van der Waals surface area contributed by atoms with Crippen LogP contribution in [0, 0.1) is 12.8 Å². The van der Waals surface area contributed by atoms with E-state index in [1.54, 1.807) is 0 Å². The van der Waals surface area contributed by atoms with E-state index in [9.17, 15) is 4.79 Å². The van der Waals surface area contributed by atoms with Gasteiger partial charge >= 0.3 is 0 Å². The highest BCUT2D eigenvalue weighted by Crippen LogP contribution is 2.27. The van der Waals surface area contributed by atoms with E-state index in [0.717, 1.165) is 24.4 Å². The molecule has 0 spiro atoms. The quantitative estimate of drug-likeness (QED) is 0.800. The Balaban J connectivity index is 2.31. The van der Waals surface area contributed by atoms with Crippen molar-refractivity contribution in [2.24, 2.45) is 5.92 Å². The Morgan fingerprint density at radius 2 is 2.26 bits per heavy atom. The van der Waals surface area contributed by atoms with E-state index < -0.39 is 0 Å². The molecule has 19 heavy (non-hydrogen) atoms. The molecular weight excluding hydrogens is 262 g/mol. The molecule has 1 fully saturated rings. The highest BCUT2D eigenvalue weighted by molar-refractivity contribution is 6.18. The second-order valence-electron chi connectivity index (χ2n) is 5.19. The van der Waals surface area contributed by atoms with Crippen molar-refractivity contribution < 1.29 is 4.79 Å². The number of nitrogens with zero attached hydrogens (tertiary/aromatic N) is 3. The summed E-state index contributed by atoms with van der Waals surface area (Å²) in [6, 6.07) is 1.97. The molecule has 5 heteroatoms. The summed E-state index contributed by atoms with van der Waals surface area (Å²) in [6.07, 6.45) is 1.73. The van der Waals surface area contributed by atoms with Gasteiger partial charge in [-0.2, -0.15) is 10.2 Å². The SMILES string of the molecule is CCc1nnc(C)cc1C(=O)N1CCC(C)C1CCl. The molecule has 0 radical (unpaired) electrons. The summed E-state index contributed by atoms with van der Waals surface area (Å²) in [5.74, 6) is 0.999. The lowest BCUT2D eigenvalue weighted by Gasteiger charge is -2.25. The lowest BCUT2D eigenvalue weighted by molar-refractivity contribution is 0.0735. The molecule has 4 nitrogen and oxygen atoms in total. The largest absolute Gasteiger partial charge is 0.334 e. The van der Waals surface area contributed by atoms with Crippen LogP contribution >= 0.6 is 11.6 Å². The minimum absolute atomic E-state index is 0.0462. The topological polar surface area (TPSA) is 46.1 Å². The molecule has 2 heterocycles. The molecule has 2 unspecified atom stereocenters. The van der Waals surface area contributed by atoms with Gasteiger partial charge in [0.05, 0.1) is 17.0 Å². The van der Waals surface area contributed by atoms with Gasteiger partial charge in [-0.05, 0) is 31.7 Å². The Morgan fingerprint density at radius 3 is 2.89 bits per heavy atom. The van der Waals surface area contributed by atoms with Crippen molar-refractivity contribution in [1.82, 2.24) is 15.1 Å². The number of carbonyl (C=O) groups is 1. The minimum atomic E-state index is 0.0462. The van der Waals surface area contributed by atoms with E-state index in [4.69, 9.17) is 11.6 Å². The van der Waals surface area contributed by atoms with Gasteiger partial charge in [-0.15, -0.1) is 11.6 Å². The molecule has 2 rings (SSSR count). The zero-order chi connectivity index (χ0) is 14.0. The molecule has 1 aliphatic heterocycles. The standard InChI is InChI=1S/C14H20ClN3O/c1-4-12-11(7-10(3)16-17-12)14(19)18-6-5-9(2)13(18)8-15/h7,9,13H,4-6,8H2,1-3H3. The van der Waals surface area contributed by atoms with Gasteiger partial charge in [-0.3, -0.25) is 4.79 Å². The van der Waals surface area contributed by atoms with Crippen LogP contribution in [-0.2, 0) is 6.42 Å². The number of rotatable bonds is 3. The molecule has 1 aromatic heterocycles. The van der Waals surface area contributed by atoms with Crippen molar-refractivity contribution in [1.29, 1.82) is 0 Å². The van der Waals surface area contributed by atoms with Gasteiger partial charge in [0.25, 0.3) is 5.91 Å². The van der Waals surface area contributed by atoms with Crippen LogP contribution < -0.4 is 0 Å². The number of carbonyl (C=O) groups excluding carboxylic acids is 1. The molecule has 0 aliphatic carbocycles. The van der Waals surface area contributed by atoms with Crippen LogP contribution in [0.15, 0.2) is 6.07 Å². The monoisotopic (exact) mass is 281 g/mol. The number of amides is 1. The highest BCUT2D eigenvalue weighted by Gasteiger charge is 2.35. The van der Waals surface area contributed by atoms with E-state index in [0.29, 0.717) is 23.8 Å². The van der Waals surface area contributed by atoms with Crippen LogP contribution in [0.2, 0.25) is 0 Å². The minimum Gasteiger partial charge on any atom is -0.334 e. The number of hydrogen-bond acceptors (Lipinski definition) is 3. The van der Waals surface area contributed by atoms with E-state index in [2.05, 4.69) is 17.1 Å². The summed E-state index contributed by atoms with van der Waals surface area (Å²) >= 11 is 6.01. The number of alkyl halides is 1. The van der Waals surface area contributed by atoms with Gasteiger partial charge in [0.2, 0.25) is 0 Å². The first kappa shape index (κ1) is 14.3. The molecule has 104 valence electrons. The number of hydrogen-bond donors (Lipinski definition) is 0. The average molecular weight is 282 g/mol. The maximum absolute atomic E-state index is 12.7. The molecule has 1 saturated heterocycles. The number of aromatic nitrogens is 2. The molecule has 1 amide bonds. The fraction of sp³-hybridized carbons (Fsp3) is 0.643. The lowest BCUT2D eigenvalue weighted by Crippen LogP contribution is -2.39. The second-order valence-corrected chi connectivity index (χ2v) is 5.49. The average Bonchev–Trinajstić information content (AvgIpc) is 2.78. The predicted molar refractivity (Wildman–Crippen MR) is 75.5 cm³/mol. The second kappa shape index (κ2) is 5.87. The molecule has 2 atom stereocenters. The third-order valence-electron chi connectivity index (χ3n) is 3.86. The molecule has 0 aromatic carbocycles. The van der Waals surface area contributed by atoms with Crippen LogP contribution in [-0.4, -0.2) is 39.5 Å². The van der Waals surface area contributed by atoms with Gasteiger partial charge in [0.1, 0.15) is 0 Å². The zero-order valence-electron chi connectivity index (χ0n) is 11.7. The van der Waals surface area contributed by atoms with E-state index in [-0.39, 0.29) is 11.9 Å². The molecule has 1 aromatic rings. The van der Waals surface area contributed by atoms with E-state index >= 15 is 0 Å². The summed E-state index contributed by atoms with van der Waals surface area (Å²) < 4.78 is 0. The fourth-order valence-corrected chi connectivity index (χ4v) is 3.08. The van der Waals surface area contributed by atoms with Crippen LogP contribution in [0.3, 0.4) is 0 Å². The van der Waals surface area contributed by atoms with Gasteiger partial charge in [0, 0.05) is 18.5 Å². The third kappa shape index (κ3) is 2.73. The summed E-state index contributed by atoms with van der Waals surface area (Å²) in [4.78, 5) is 14.6. The summed E-state index contributed by atoms with van der Waals surface area (Å²) in [6.45, 7) is 6.77.